The molecule has 408 valence electrons. The van der Waals surface area contributed by atoms with Crippen molar-refractivity contribution in [1.82, 2.24) is 0 Å². The maximum atomic E-state index is 11.3. The molecule has 5 aliphatic rings. The van der Waals surface area contributed by atoms with Gasteiger partial charge in [0.2, 0.25) is 23.1 Å². The van der Waals surface area contributed by atoms with E-state index in [-0.39, 0.29) is 67.1 Å². The number of nitriles is 2. The molecular weight excluding hydrogens is 1500 g/mol. The Morgan fingerprint density at radius 1 is 0.506 bits per heavy atom. The molecule has 0 unspecified atom stereocenters. The number of thioether (sulfide) groups is 4. The van der Waals surface area contributed by atoms with Crippen molar-refractivity contribution in [1.29, 1.82) is 10.5 Å². The molecule has 0 saturated heterocycles. The van der Waals surface area contributed by atoms with E-state index in [1.807, 2.05) is 58.8 Å². The van der Waals surface area contributed by atoms with Crippen molar-refractivity contribution in [2.24, 2.45) is 0 Å². The molecule has 11 rings (SSSR count). The summed E-state index contributed by atoms with van der Waals surface area (Å²) < 4.78 is 22.5. The van der Waals surface area contributed by atoms with Crippen LogP contribution in [-0.2, 0) is 19.2 Å². The number of allylic oxidation sites excluding steroid dienone is 8. The van der Waals surface area contributed by atoms with Gasteiger partial charge in [0.15, 0.2) is 0 Å². The molecule has 5 heterocycles. The van der Waals surface area contributed by atoms with E-state index >= 15 is 0 Å². The summed E-state index contributed by atoms with van der Waals surface area (Å²) in [6.45, 7) is 13.5. The Morgan fingerprint density at radius 3 is 1.06 bits per heavy atom. The van der Waals surface area contributed by atoms with Crippen LogP contribution in [0.3, 0.4) is 0 Å². The standard InChI is InChI=1S/C12H4N4.C12H9NS.C10H2O6.C6Br4O2.C6Cl4O2.C6H4S4.FH.H2/c1-15-11(7-13)9-3-5-10(6-4-9)12(8-14)16-2;1-3-7-11-9(5-1)13-10-6-2-4-8-12(10)14-11;11-7-3-1-4-6(10(14)16-8(4)12)2-5(3)9(13)15-7;2*7-1-2(8)6(12)4(10)3(9)5(1)11;1-2-8-5(7-1)6-9-3-4-10-6;;/h3-6H;1-8,13H;1-2H;;;1-4H;2*1H/i;;;;;;;1+2T. The SMILES string of the molecule is C1=CSC(=C2SC=CS2)S1.F.O=C1C(Br)=C(Br)C(=O)C(Br)=C1Br.O=C1C(Cl)=C(Cl)C(=O)C(Cl)=C1Cl.O=c1oc(=O)c2cc3c(=O)oc(=O)c3cc12.[3H][3H].[C-]#[N+]C(C#N)=c1ccc(=C(C#N)[N+]#[C-])cc1.c1ccc2c(c1)Nc1ccccc1S2. The summed E-state index contributed by atoms with van der Waals surface area (Å²) in [6.07, 6.45) is 0. The quantitative estimate of drug-likeness (QED) is 0.110. The van der Waals surface area contributed by atoms with E-state index in [1.165, 1.54) is 29.6 Å². The molecule has 0 radical (unpaired) electrons. The summed E-state index contributed by atoms with van der Waals surface area (Å²) in [5, 5.41) is 28.6. The topological polar surface area (TPSA) is 231 Å². The van der Waals surface area contributed by atoms with Gasteiger partial charge in [-0.2, -0.15) is 0 Å². The average Bonchev–Trinajstić information content (AvgIpc) is 3.09. The van der Waals surface area contributed by atoms with Crippen LogP contribution >= 0.6 is 169 Å². The maximum Gasteiger partial charge on any atom is 0.346 e. The lowest BCUT2D eigenvalue weighted by Gasteiger charge is -2.19. The number of anilines is 2. The van der Waals surface area contributed by atoms with Crippen LogP contribution in [0.4, 0.5) is 16.1 Å². The van der Waals surface area contributed by atoms with Crippen LogP contribution in [0.2, 0.25) is 0 Å². The fraction of sp³-hybridized carbons (Fsp3) is 0. The summed E-state index contributed by atoms with van der Waals surface area (Å²) >= 11 is 42.6. The van der Waals surface area contributed by atoms with E-state index in [4.69, 9.17) is 73.0 Å². The first-order valence-electron chi connectivity index (χ1n) is 22.0. The van der Waals surface area contributed by atoms with Crippen LogP contribution in [0.15, 0.2) is 191 Å². The molecule has 6 aromatic rings. The number of hydrogen-bond acceptors (Lipinski definition) is 18. The number of benzene rings is 4. The van der Waals surface area contributed by atoms with Crippen LogP contribution < -0.4 is 38.3 Å². The van der Waals surface area contributed by atoms with Gasteiger partial charge in [0.25, 0.3) is 11.4 Å². The minimum absolute atomic E-state index is 0. The smallest absolute Gasteiger partial charge is 0.346 e. The number of hydrogen-bond donors (Lipinski definition) is 1. The Balaban J connectivity index is 0.000000213. The lowest BCUT2D eigenvalue weighted by molar-refractivity contribution is -0.114. The normalized spacial score (nSPS) is 14.7. The van der Waals surface area contributed by atoms with Gasteiger partial charge in [-0.3, -0.25) is 23.9 Å². The van der Waals surface area contributed by atoms with E-state index in [2.05, 4.69) is 158 Å². The highest BCUT2D eigenvalue weighted by atomic mass is 79.9. The first-order valence-corrected chi connectivity index (χ1v) is 30.0. The van der Waals surface area contributed by atoms with Crippen molar-refractivity contribution in [3.63, 3.8) is 0 Å². The van der Waals surface area contributed by atoms with Crippen LogP contribution in [0.1, 0.15) is 2.97 Å². The van der Waals surface area contributed by atoms with Crippen LogP contribution in [0.25, 0.3) is 42.6 Å². The maximum absolute atomic E-state index is 11.3. The molecule has 29 heteroatoms. The summed E-state index contributed by atoms with van der Waals surface area (Å²) in [7, 11) is 0. The lowest BCUT2D eigenvalue weighted by Crippen LogP contribution is -2.14. The molecule has 0 bridgehead atoms. The van der Waals surface area contributed by atoms with Crippen molar-refractivity contribution in [2.45, 2.75) is 9.79 Å². The number of fused-ring (bicyclic) bond motifs is 4. The molecule has 0 spiro atoms. The summed E-state index contributed by atoms with van der Waals surface area (Å²) in [5.41, 5.74) is -0.900. The number of halogens is 9. The molecule has 0 amide bonds. The van der Waals surface area contributed by atoms with Crippen LogP contribution in [0, 0.1) is 35.8 Å². The molecular formula is C52H22Br4Cl4FN5O10S5. The zero-order valence-electron chi connectivity index (χ0n) is 41.2. The molecule has 3 aliphatic heterocycles. The van der Waals surface area contributed by atoms with Crippen LogP contribution in [0.5, 0.6) is 0 Å². The van der Waals surface area contributed by atoms with Gasteiger partial charge >= 0.3 is 22.5 Å². The van der Waals surface area contributed by atoms with Crippen molar-refractivity contribution >= 4 is 236 Å². The highest BCUT2D eigenvalue weighted by molar-refractivity contribution is 9.16. The zero-order chi connectivity index (χ0) is 60.5. The second-order valence-corrected chi connectivity index (χ2v) is 24.6. The Bertz CT molecular complexity index is 3870. The van der Waals surface area contributed by atoms with Gasteiger partial charge in [-0.15, -0.1) is 0 Å². The van der Waals surface area contributed by atoms with Crippen molar-refractivity contribution in [3.05, 3.63) is 228 Å². The zero-order valence-corrected chi connectivity index (χ0v) is 52.7. The van der Waals surface area contributed by atoms with E-state index in [9.17, 15) is 38.4 Å². The van der Waals surface area contributed by atoms with Gasteiger partial charge in [0.05, 0.1) is 84.6 Å². The van der Waals surface area contributed by atoms with Crippen LogP contribution in [-0.4, -0.2) is 23.1 Å². The third kappa shape index (κ3) is 15.9. The van der Waals surface area contributed by atoms with E-state index in [1.54, 1.807) is 36.4 Å². The summed E-state index contributed by atoms with van der Waals surface area (Å²) in [6, 6.07) is 28.8. The minimum atomic E-state index is -0.824. The third-order valence-electron chi connectivity index (χ3n) is 9.88. The number of Topliss-reactive ketones (excluding diaryl/α,β-unsaturated/α-hetero) is 4. The Hall–Kier alpha value is -5.72. The van der Waals surface area contributed by atoms with Gasteiger partial charge < -0.3 is 14.2 Å². The van der Waals surface area contributed by atoms with E-state index in [0.717, 1.165) is 12.1 Å². The largest absolute Gasteiger partial charge is 0.386 e. The van der Waals surface area contributed by atoms with E-state index in [0.29, 0.717) is 10.4 Å². The van der Waals surface area contributed by atoms with Crippen molar-refractivity contribution < 1.29 is 35.7 Å². The molecule has 1 N–H and O–H groups in total. The predicted molar refractivity (Wildman–Crippen MR) is 338 cm³/mol. The van der Waals surface area contributed by atoms with Crippen molar-refractivity contribution in [2.75, 3.05) is 5.32 Å². The summed E-state index contributed by atoms with van der Waals surface area (Å²) in [5.74, 6) is -1.97. The number of para-hydroxylation sites is 2. The highest BCUT2D eigenvalue weighted by Gasteiger charge is 2.32. The van der Waals surface area contributed by atoms with Gasteiger partial charge in [0.1, 0.15) is 20.1 Å². The average molecular weight is 1520 g/mol. The number of nitrogens with zero attached hydrogens (tertiary/aromatic N) is 4. The fourth-order valence-corrected chi connectivity index (χ4v) is 14.0. The first kappa shape index (κ1) is 64.4. The molecule has 81 heavy (non-hydrogen) atoms. The fourth-order valence-electron chi connectivity index (χ4n) is 6.13. The molecule has 4 aromatic carbocycles. The number of furan rings is 2. The Labute approximate surface area is 532 Å². The number of ketones is 4. The predicted octanol–water partition coefficient (Wildman–Crippen LogP) is 14.3. The molecule has 0 saturated carbocycles. The van der Waals surface area contributed by atoms with Gasteiger partial charge in [-0.25, -0.2) is 39.4 Å². The number of rotatable bonds is 0. The summed E-state index contributed by atoms with van der Waals surface area (Å²) in [4.78, 5) is 98.0. The second-order valence-electron chi connectivity index (χ2n) is 14.7. The number of nitrogens with one attached hydrogen (secondary N) is 1. The van der Waals surface area contributed by atoms with Gasteiger partial charge in [0, 0.05) is 12.8 Å². The van der Waals surface area contributed by atoms with Gasteiger partial charge in [-0.05, 0) is 132 Å². The molecule has 0 fully saturated rings. The van der Waals surface area contributed by atoms with Crippen molar-refractivity contribution in [3.8, 4) is 12.1 Å². The Morgan fingerprint density at radius 2 is 0.790 bits per heavy atom. The molecule has 2 aliphatic carbocycles. The third-order valence-corrected chi connectivity index (χ3v) is 21.5. The monoisotopic (exact) mass is 1510 g/mol. The minimum Gasteiger partial charge on any atom is -0.386 e. The molecule has 2 aromatic heterocycles. The lowest BCUT2D eigenvalue weighted by atomic mass is 10.1. The molecule has 15 nitrogen and oxygen atoms in total. The number of carbonyl (C=O) groups excluding carboxylic acids is 4. The second kappa shape index (κ2) is 30.5. The molecule has 0 atom stereocenters. The highest BCUT2D eigenvalue weighted by Crippen LogP contribution is 2.50. The first-order chi connectivity index (χ1) is 39.2. The van der Waals surface area contributed by atoms with E-state index < -0.39 is 54.2 Å². The Kier molecular flexibility index (Phi) is 24.3. The van der Waals surface area contributed by atoms with Gasteiger partial charge in [-0.1, -0.05) is 154 Å². The number of carbonyl (C=O) groups is 4.